The number of aliphatic hydroxyl groups excluding tert-OH is 1. The molecule has 1 atom stereocenters. The standard InChI is InChI=1S/C17H25N3O2/c1-4-20(11-15-9-18-19(3)10-15)12-16(21)13-22-17-7-5-14(2)6-8-17/h5-10,16,21H,4,11-13H2,1-3H3. The lowest BCUT2D eigenvalue weighted by atomic mass is 10.2. The molecule has 120 valence electrons. The topological polar surface area (TPSA) is 50.5 Å². The maximum Gasteiger partial charge on any atom is 0.119 e. The zero-order valence-corrected chi connectivity index (χ0v) is 13.6. The van der Waals surface area contributed by atoms with E-state index in [4.69, 9.17) is 4.74 Å². The number of hydrogen-bond donors (Lipinski definition) is 1. The number of rotatable bonds is 8. The Morgan fingerprint density at radius 3 is 2.64 bits per heavy atom. The normalized spacial score (nSPS) is 12.6. The summed E-state index contributed by atoms with van der Waals surface area (Å²) in [4.78, 5) is 2.18. The van der Waals surface area contributed by atoms with Crippen LogP contribution < -0.4 is 4.74 Å². The number of aliphatic hydroxyl groups is 1. The van der Waals surface area contributed by atoms with Crippen molar-refractivity contribution >= 4 is 0 Å². The van der Waals surface area contributed by atoms with Crippen LogP contribution in [0, 0.1) is 6.92 Å². The van der Waals surface area contributed by atoms with E-state index in [1.165, 1.54) is 5.56 Å². The number of benzene rings is 1. The van der Waals surface area contributed by atoms with Crippen LogP contribution in [0.3, 0.4) is 0 Å². The lowest BCUT2D eigenvalue weighted by Gasteiger charge is -2.23. The van der Waals surface area contributed by atoms with Crippen molar-refractivity contribution in [2.75, 3.05) is 19.7 Å². The average Bonchev–Trinajstić information content (AvgIpc) is 2.91. The van der Waals surface area contributed by atoms with Crippen LogP contribution in [0.1, 0.15) is 18.1 Å². The Morgan fingerprint density at radius 2 is 2.05 bits per heavy atom. The molecule has 1 heterocycles. The van der Waals surface area contributed by atoms with Crippen molar-refractivity contribution < 1.29 is 9.84 Å². The van der Waals surface area contributed by atoms with E-state index in [9.17, 15) is 5.11 Å². The highest BCUT2D eigenvalue weighted by atomic mass is 16.5. The fraction of sp³-hybridized carbons (Fsp3) is 0.471. The van der Waals surface area contributed by atoms with Gasteiger partial charge in [0.1, 0.15) is 18.5 Å². The Hall–Kier alpha value is -1.85. The Balaban J connectivity index is 1.78. The molecule has 0 amide bonds. The fourth-order valence-electron chi connectivity index (χ4n) is 2.29. The minimum atomic E-state index is -0.516. The van der Waals surface area contributed by atoms with Crippen LogP contribution in [-0.2, 0) is 13.6 Å². The van der Waals surface area contributed by atoms with Gasteiger partial charge in [0, 0.05) is 31.9 Å². The summed E-state index contributed by atoms with van der Waals surface area (Å²) in [6.45, 7) is 6.66. The highest BCUT2D eigenvalue weighted by molar-refractivity contribution is 5.26. The van der Waals surface area contributed by atoms with Crippen LogP contribution in [-0.4, -0.2) is 45.6 Å². The summed E-state index contributed by atoms with van der Waals surface area (Å²) in [7, 11) is 1.91. The molecular formula is C17H25N3O2. The zero-order valence-electron chi connectivity index (χ0n) is 13.6. The molecule has 1 unspecified atom stereocenters. The predicted octanol–water partition coefficient (Wildman–Crippen LogP) is 1.99. The van der Waals surface area contributed by atoms with Crippen LogP contribution in [0.2, 0.25) is 0 Å². The van der Waals surface area contributed by atoms with Gasteiger partial charge < -0.3 is 9.84 Å². The lowest BCUT2D eigenvalue weighted by molar-refractivity contribution is 0.0675. The largest absolute Gasteiger partial charge is 0.491 e. The maximum absolute atomic E-state index is 10.2. The summed E-state index contributed by atoms with van der Waals surface area (Å²) < 4.78 is 7.42. The molecule has 0 aliphatic rings. The van der Waals surface area contributed by atoms with E-state index in [0.717, 1.165) is 24.4 Å². The highest BCUT2D eigenvalue weighted by Crippen LogP contribution is 2.12. The van der Waals surface area contributed by atoms with E-state index in [2.05, 4.69) is 16.9 Å². The van der Waals surface area contributed by atoms with E-state index in [-0.39, 0.29) is 0 Å². The van der Waals surface area contributed by atoms with Crippen LogP contribution >= 0.6 is 0 Å². The zero-order chi connectivity index (χ0) is 15.9. The summed E-state index contributed by atoms with van der Waals surface area (Å²) in [5.41, 5.74) is 2.34. The highest BCUT2D eigenvalue weighted by Gasteiger charge is 2.12. The molecule has 2 rings (SSSR count). The van der Waals surface area contributed by atoms with Crippen molar-refractivity contribution in [1.82, 2.24) is 14.7 Å². The average molecular weight is 303 g/mol. The van der Waals surface area contributed by atoms with Gasteiger partial charge in [-0.15, -0.1) is 0 Å². The third-order valence-corrected chi connectivity index (χ3v) is 3.54. The molecule has 1 aromatic carbocycles. The number of ether oxygens (including phenoxy) is 1. The third kappa shape index (κ3) is 5.16. The summed E-state index contributed by atoms with van der Waals surface area (Å²) >= 11 is 0. The van der Waals surface area contributed by atoms with Gasteiger partial charge in [-0.05, 0) is 25.6 Å². The molecule has 0 radical (unpaired) electrons. The van der Waals surface area contributed by atoms with Gasteiger partial charge in [-0.25, -0.2) is 0 Å². The van der Waals surface area contributed by atoms with Crippen molar-refractivity contribution in [2.24, 2.45) is 7.05 Å². The van der Waals surface area contributed by atoms with Gasteiger partial charge in [-0.1, -0.05) is 24.6 Å². The summed E-state index contributed by atoms with van der Waals surface area (Å²) in [6, 6.07) is 7.86. The summed E-state index contributed by atoms with van der Waals surface area (Å²) in [5.74, 6) is 0.792. The molecule has 0 saturated heterocycles. The number of aromatic nitrogens is 2. The molecule has 0 bridgehead atoms. The molecule has 5 nitrogen and oxygen atoms in total. The number of nitrogens with zero attached hydrogens (tertiary/aromatic N) is 3. The third-order valence-electron chi connectivity index (χ3n) is 3.54. The second kappa shape index (κ2) is 7.96. The summed E-state index contributed by atoms with van der Waals surface area (Å²) in [6.07, 6.45) is 3.34. The first-order chi connectivity index (χ1) is 10.6. The van der Waals surface area contributed by atoms with Crippen molar-refractivity contribution in [3.05, 3.63) is 47.8 Å². The lowest BCUT2D eigenvalue weighted by Crippen LogP contribution is -2.35. The van der Waals surface area contributed by atoms with Gasteiger partial charge in [-0.2, -0.15) is 5.10 Å². The monoisotopic (exact) mass is 303 g/mol. The van der Waals surface area contributed by atoms with Gasteiger partial charge >= 0.3 is 0 Å². The van der Waals surface area contributed by atoms with Gasteiger partial charge in [0.25, 0.3) is 0 Å². The fourth-order valence-corrected chi connectivity index (χ4v) is 2.29. The van der Waals surface area contributed by atoms with E-state index in [1.54, 1.807) is 4.68 Å². The minimum Gasteiger partial charge on any atom is -0.491 e. The molecule has 0 saturated carbocycles. The maximum atomic E-state index is 10.2. The quantitative estimate of drug-likeness (QED) is 0.810. The predicted molar refractivity (Wildman–Crippen MR) is 86.8 cm³/mol. The van der Waals surface area contributed by atoms with Crippen molar-refractivity contribution in [1.29, 1.82) is 0 Å². The second-order valence-electron chi connectivity index (χ2n) is 5.63. The molecule has 0 aliphatic heterocycles. The Morgan fingerprint density at radius 1 is 1.32 bits per heavy atom. The molecule has 0 aliphatic carbocycles. The molecule has 1 N–H and O–H groups in total. The van der Waals surface area contributed by atoms with E-state index < -0.39 is 6.10 Å². The molecule has 0 fully saturated rings. The first-order valence-electron chi connectivity index (χ1n) is 7.64. The first kappa shape index (κ1) is 16.5. The number of aryl methyl sites for hydroxylation is 2. The molecular weight excluding hydrogens is 278 g/mol. The molecule has 22 heavy (non-hydrogen) atoms. The SMILES string of the molecule is CCN(Cc1cnn(C)c1)CC(O)COc1ccc(C)cc1. The van der Waals surface area contributed by atoms with E-state index >= 15 is 0 Å². The smallest absolute Gasteiger partial charge is 0.119 e. The van der Waals surface area contributed by atoms with Gasteiger partial charge in [0.05, 0.1) is 6.20 Å². The van der Waals surface area contributed by atoms with E-state index in [0.29, 0.717) is 13.2 Å². The first-order valence-corrected chi connectivity index (χ1v) is 7.64. The van der Waals surface area contributed by atoms with Crippen molar-refractivity contribution in [3.8, 4) is 5.75 Å². The van der Waals surface area contributed by atoms with E-state index in [1.807, 2.05) is 50.6 Å². The van der Waals surface area contributed by atoms with Crippen LogP contribution in [0.4, 0.5) is 0 Å². The molecule has 5 heteroatoms. The second-order valence-corrected chi connectivity index (χ2v) is 5.63. The van der Waals surface area contributed by atoms with Gasteiger partial charge in [0.15, 0.2) is 0 Å². The van der Waals surface area contributed by atoms with Gasteiger partial charge in [0.2, 0.25) is 0 Å². The Bertz CT molecular complexity index is 566. The van der Waals surface area contributed by atoms with Crippen molar-refractivity contribution in [2.45, 2.75) is 26.5 Å². The molecule has 1 aromatic heterocycles. The van der Waals surface area contributed by atoms with Gasteiger partial charge in [-0.3, -0.25) is 9.58 Å². The number of likely N-dealkylation sites (N-methyl/N-ethyl adjacent to an activating group) is 1. The Labute approximate surface area is 132 Å². The Kier molecular flexibility index (Phi) is 5.98. The van der Waals surface area contributed by atoms with Crippen molar-refractivity contribution in [3.63, 3.8) is 0 Å². The summed E-state index contributed by atoms with van der Waals surface area (Å²) in [5, 5.41) is 14.3. The van der Waals surface area contributed by atoms with Crippen LogP contribution in [0.15, 0.2) is 36.7 Å². The number of hydrogen-bond acceptors (Lipinski definition) is 4. The van der Waals surface area contributed by atoms with Crippen LogP contribution in [0.5, 0.6) is 5.75 Å². The minimum absolute atomic E-state index is 0.298. The van der Waals surface area contributed by atoms with Crippen LogP contribution in [0.25, 0.3) is 0 Å². The molecule has 2 aromatic rings. The molecule has 0 spiro atoms.